The zero-order chi connectivity index (χ0) is 13.8. The van der Waals surface area contributed by atoms with Gasteiger partial charge in [-0.05, 0) is 19.8 Å². The molecule has 2 heterocycles. The third-order valence-electron chi connectivity index (χ3n) is 3.20. The number of hydrazine groups is 1. The molecule has 0 aromatic carbocycles. The number of nitrogens with one attached hydrogen (secondary N) is 1. The van der Waals surface area contributed by atoms with E-state index in [1.54, 1.807) is 0 Å². The average Bonchev–Trinajstić information content (AvgIpc) is 2.90. The summed E-state index contributed by atoms with van der Waals surface area (Å²) >= 11 is 0. The molecule has 0 aliphatic carbocycles. The van der Waals surface area contributed by atoms with Gasteiger partial charge in [0.25, 0.3) is 0 Å². The number of nitrogen functional groups attached to an aromatic ring is 1. The van der Waals surface area contributed by atoms with Crippen molar-refractivity contribution in [1.82, 2.24) is 9.97 Å². The summed E-state index contributed by atoms with van der Waals surface area (Å²) in [6, 6.07) is 0. The molecular weight excluding hydrogens is 244 g/mol. The van der Waals surface area contributed by atoms with Crippen molar-refractivity contribution in [2.45, 2.75) is 45.6 Å². The first-order valence-electron chi connectivity index (χ1n) is 6.71. The molecule has 1 atom stereocenters. The molecule has 1 fully saturated rings. The van der Waals surface area contributed by atoms with Gasteiger partial charge >= 0.3 is 0 Å². The molecule has 1 unspecified atom stereocenters. The SMILES string of the molecule is Cc1c(NN)nc(C(C)C)nc1OCC1CCCO1. The van der Waals surface area contributed by atoms with Crippen LogP contribution in [0, 0.1) is 6.92 Å². The second kappa shape index (κ2) is 6.16. The summed E-state index contributed by atoms with van der Waals surface area (Å²) < 4.78 is 11.3. The Kier molecular flexibility index (Phi) is 4.55. The fourth-order valence-corrected chi connectivity index (χ4v) is 2.00. The number of nitrogens with zero attached hydrogens (tertiary/aromatic N) is 2. The number of rotatable bonds is 5. The maximum atomic E-state index is 5.78. The zero-order valence-corrected chi connectivity index (χ0v) is 11.8. The van der Waals surface area contributed by atoms with Gasteiger partial charge in [0.05, 0.1) is 11.7 Å². The lowest BCUT2D eigenvalue weighted by Gasteiger charge is -2.16. The minimum absolute atomic E-state index is 0.172. The fourth-order valence-electron chi connectivity index (χ4n) is 2.00. The van der Waals surface area contributed by atoms with E-state index >= 15 is 0 Å². The van der Waals surface area contributed by atoms with Crippen LogP contribution in [0.3, 0.4) is 0 Å². The van der Waals surface area contributed by atoms with Gasteiger partial charge in [-0.25, -0.2) is 10.8 Å². The van der Waals surface area contributed by atoms with Gasteiger partial charge in [-0.2, -0.15) is 4.98 Å². The van der Waals surface area contributed by atoms with Gasteiger partial charge in [-0.3, -0.25) is 0 Å². The second-order valence-corrected chi connectivity index (χ2v) is 5.11. The number of ether oxygens (including phenoxy) is 2. The summed E-state index contributed by atoms with van der Waals surface area (Å²) in [5, 5.41) is 0. The summed E-state index contributed by atoms with van der Waals surface area (Å²) in [6.45, 7) is 7.32. The van der Waals surface area contributed by atoms with Crippen LogP contribution in [0.15, 0.2) is 0 Å². The summed E-state index contributed by atoms with van der Waals surface area (Å²) in [4.78, 5) is 8.83. The van der Waals surface area contributed by atoms with Crippen LogP contribution in [0.25, 0.3) is 0 Å². The number of aromatic nitrogens is 2. The van der Waals surface area contributed by atoms with Gasteiger partial charge in [-0.1, -0.05) is 13.8 Å². The molecule has 0 spiro atoms. The molecule has 6 nitrogen and oxygen atoms in total. The van der Waals surface area contributed by atoms with Crippen molar-refractivity contribution in [3.8, 4) is 5.88 Å². The Morgan fingerprint density at radius 3 is 2.84 bits per heavy atom. The number of hydrogen-bond acceptors (Lipinski definition) is 6. The number of hydrogen-bond donors (Lipinski definition) is 2. The summed E-state index contributed by atoms with van der Waals surface area (Å²) in [5.41, 5.74) is 3.42. The second-order valence-electron chi connectivity index (χ2n) is 5.11. The molecule has 106 valence electrons. The van der Waals surface area contributed by atoms with Crippen molar-refractivity contribution < 1.29 is 9.47 Å². The molecule has 1 aliphatic rings. The van der Waals surface area contributed by atoms with Gasteiger partial charge in [0.2, 0.25) is 5.88 Å². The van der Waals surface area contributed by atoms with Crippen molar-refractivity contribution in [3.05, 3.63) is 11.4 Å². The Labute approximate surface area is 113 Å². The Hall–Kier alpha value is -1.40. The van der Waals surface area contributed by atoms with Crippen LogP contribution in [0.5, 0.6) is 5.88 Å². The number of nitrogens with two attached hydrogens (primary N) is 1. The van der Waals surface area contributed by atoms with Gasteiger partial charge in [0, 0.05) is 12.5 Å². The molecule has 0 amide bonds. The summed E-state index contributed by atoms with van der Waals surface area (Å²) in [5.74, 6) is 7.63. The van der Waals surface area contributed by atoms with Crippen LogP contribution in [0.4, 0.5) is 5.82 Å². The van der Waals surface area contributed by atoms with Crippen molar-refractivity contribution >= 4 is 5.82 Å². The Bertz CT molecular complexity index is 431. The van der Waals surface area contributed by atoms with Crippen molar-refractivity contribution in [1.29, 1.82) is 0 Å². The summed E-state index contributed by atoms with van der Waals surface area (Å²) in [7, 11) is 0. The van der Waals surface area contributed by atoms with Crippen LogP contribution < -0.4 is 16.0 Å². The highest BCUT2D eigenvalue weighted by atomic mass is 16.5. The van der Waals surface area contributed by atoms with Crippen molar-refractivity contribution in [3.63, 3.8) is 0 Å². The highest BCUT2D eigenvalue weighted by molar-refractivity contribution is 5.47. The first-order valence-corrected chi connectivity index (χ1v) is 6.71. The first-order chi connectivity index (χ1) is 9.11. The summed E-state index contributed by atoms with van der Waals surface area (Å²) in [6.07, 6.45) is 2.32. The van der Waals surface area contributed by atoms with Gasteiger partial charge in [0.15, 0.2) is 0 Å². The largest absolute Gasteiger partial charge is 0.475 e. The minimum atomic E-state index is 0.172. The quantitative estimate of drug-likeness (QED) is 0.624. The lowest BCUT2D eigenvalue weighted by molar-refractivity contribution is 0.0659. The van der Waals surface area contributed by atoms with E-state index in [4.69, 9.17) is 15.3 Å². The Balaban J connectivity index is 2.14. The molecule has 2 rings (SSSR count). The van der Waals surface area contributed by atoms with Gasteiger partial charge < -0.3 is 14.9 Å². The van der Waals surface area contributed by atoms with E-state index in [1.165, 1.54) is 0 Å². The monoisotopic (exact) mass is 266 g/mol. The third kappa shape index (κ3) is 3.33. The van der Waals surface area contributed by atoms with E-state index < -0.39 is 0 Å². The smallest absolute Gasteiger partial charge is 0.221 e. The standard InChI is InChI=1S/C13H22N4O2/c1-8(2)11-15-12(17-14)9(3)13(16-11)19-7-10-5-4-6-18-10/h8,10H,4-7,14H2,1-3H3,(H,15,16,17). The molecular formula is C13H22N4O2. The van der Waals surface area contributed by atoms with Crippen LogP contribution in [0.1, 0.15) is 44.0 Å². The van der Waals surface area contributed by atoms with Crippen LogP contribution in [0.2, 0.25) is 0 Å². The predicted molar refractivity (Wildman–Crippen MR) is 73.1 cm³/mol. The van der Waals surface area contributed by atoms with Crippen LogP contribution in [-0.4, -0.2) is 29.3 Å². The molecule has 1 saturated heterocycles. The fraction of sp³-hybridized carbons (Fsp3) is 0.692. The zero-order valence-electron chi connectivity index (χ0n) is 11.8. The Morgan fingerprint density at radius 1 is 1.47 bits per heavy atom. The van der Waals surface area contributed by atoms with Gasteiger partial charge in [0.1, 0.15) is 18.2 Å². The molecule has 3 N–H and O–H groups in total. The van der Waals surface area contributed by atoms with E-state index in [2.05, 4.69) is 15.4 Å². The maximum Gasteiger partial charge on any atom is 0.221 e. The third-order valence-corrected chi connectivity index (χ3v) is 3.20. The first kappa shape index (κ1) is 14.0. The highest BCUT2D eigenvalue weighted by Crippen LogP contribution is 2.25. The van der Waals surface area contributed by atoms with Crippen LogP contribution >= 0.6 is 0 Å². The van der Waals surface area contributed by atoms with Gasteiger partial charge in [-0.15, -0.1) is 0 Å². The van der Waals surface area contributed by atoms with E-state index in [-0.39, 0.29) is 12.0 Å². The molecule has 1 aromatic rings. The highest BCUT2D eigenvalue weighted by Gasteiger charge is 2.19. The average molecular weight is 266 g/mol. The lowest BCUT2D eigenvalue weighted by Crippen LogP contribution is -2.19. The lowest BCUT2D eigenvalue weighted by atomic mass is 10.2. The maximum absolute atomic E-state index is 5.78. The Morgan fingerprint density at radius 2 is 2.26 bits per heavy atom. The molecule has 1 aliphatic heterocycles. The van der Waals surface area contributed by atoms with E-state index in [0.717, 1.165) is 30.8 Å². The minimum Gasteiger partial charge on any atom is -0.475 e. The molecule has 1 aromatic heterocycles. The molecule has 0 radical (unpaired) electrons. The molecule has 19 heavy (non-hydrogen) atoms. The topological polar surface area (TPSA) is 82.3 Å². The van der Waals surface area contributed by atoms with E-state index in [0.29, 0.717) is 18.3 Å². The van der Waals surface area contributed by atoms with Crippen LogP contribution in [-0.2, 0) is 4.74 Å². The van der Waals surface area contributed by atoms with Crippen molar-refractivity contribution in [2.75, 3.05) is 18.6 Å². The molecule has 0 saturated carbocycles. The normalized spacial score (nSPS) is 18.9. The number of anilines is 1. The van der Waals surface area contributed by atoms with E-state index in [1.807, 2.05) is 20.8 Å². The predicted octanol–water partition coefficient (Wildman–Crippen LogP) is 1.75. The molecule has 6 heteroatoms. The molecule has 0 bridgehead atoms. The van der Waals surface area contributed by atoms with Crippen molar-refractivity contribution in [2.24, 2.45) is 5.84 Å². The van der Waals surface area contributed by atoms with E-state index in [9.17, 15) is 0 Å².